The van der Waals surface area contributed by atoms with Gasteiger partial charge in [0.2, 0.25) is 5.91 Å². The van der Waals surface area contributed by atoms with Crippen molar-refractivity contribution in [2.45, 2.75) is 67.8 Å². The Bertz CT molecular complexity index is 799. The molecule has 28 heavy (non-hydrogen) atoms. The van der Waals surface area contributed by atoms with E-state index in [0.29, 0.717) is 6.04 Å². The molecule has 1 saturated carbocycles. The van der Waals surface area contributed by atoms with Gasteiger partial charge >= 0.3 is 0 Å². The van der Waals surface area contributed by atoms with Crippen molar-refractivity contribution in [1.29, 1.82) is 0 Å². The summed E-state index contributed by atoms with van der Waals surface area (Å²) in [5.41, 5.74) is 1.04. The molecule has 1 unspecified atom stereocenters. The SMILES string of the molecule is COc1ccc(-c2nnc(SC3CCCCNC3=O)n2C2CCCCC2)cc1. The number of rotatable bonds is 5. The summed E-state index contributed by atoms with van der Waals surface area (Å²) in [7, 11) is 1.67. The van der Waals surface area contributed by atoms with E-state index in [2.05, 4.69) is 20.1 Å². The zero-order chi connectivity index (χ0) is 19.3. The van der Waals surface area contributed by atoms with Crippen LogP contribution in [0.5, 0.6) is 5.75 Å². The van der Waals surface area contributed by atoms with Crippen LogP contribution in [0.3, 0.4) is 0 Å². The third-order valence-corrected chi connectivity index (χ3v) is 6.91. The minimum absolute atomic E-state index is 0.0854. The monoisotopic (exact) mass is 400 g/mol. The van der Waals surface area contributed by atoms with Crippen LogP contribution in [-0.2, 0) is 4.79 Å². The molecule has 150 valence electrons. The van der Waals surface area contributed by atoms with Crippen molar-refractivity contribution in [2.75, 3.05) is 13.7 Å². The normalized spacial score (nSPS) is 21.2. The van der Waals surface area contributed by atoms with Crippen LogP contribution in [0.25, 0.3) is 11.4 Å². The summed E-state index contributed by atoms with van der Waals surface area (Å²) in [6, 6.07) is 8.39. The fourth-order valence-corrected chi connectivity index (χ4v) is 5.28. The fraction of sp³-hybridized carbons (Fsp3) is 0.571. The van der Waals surface area contributed by atoms with Gasteiger partial charge in [0.15, 0.2) is 11.0 Å². The number of amides is 1. The molecule has 2 aliphatic rings. The molecule has 2 aromatic rings. The number of nitrogens with one attached hydrogen (secondary N) is 1. The molecule has 1 N–H and O–H groups in total. The van der Waals surface area contributed by atoms with Gasteiger partial charge in [0.05, 0.1) is 12.4 Å². The molecule has 1 amide bonds. The maximum absolute atomic E-state index is 12.5. The van der Waals surface area contributed by atoms with Crippen LogP contribution in [-0.4, -0.2) is 39.6 Å². The van der Waals surface area contributed by atoms with E-state index in [9.17, 15) is 4.79 Å². The van der Waals surface area contributed by atoms with Gasteiger partial charge in [-0.1, -0.05) is 37.4 Å². The fourth-order valence-electron chi connectivity index (χ4n) is 4.11. The number of methoxy groups -OCH3 is 1. The zero-order valence-corrected chi connectivity index (χ0v) is 17.2. The molecule has 1 aliphatic carbocycles. The lowest BCUT2D eigenvalue weighted by molar-refractivity contribution is -0.120. The van der Waals surface area contributed by atoms with E-state index < -0.39 is 0 Å². The average Bonchev–Trinajstić information content (AvgIpc) is 3.05. The Hall–Kier alpha value is -2.02. The van der Waals surface area contributed by atoms with E-state index in [1.54, 1.807) is 18.9 Å². The zero-order valence-electron chi connectivity index (χ0n) is 16.4. The lowest BCUT2D eigenvalue weighted by atomic mass is 9.95. The summed E-state index contributed by atoms with van der Waals surface area (Å²) < 4.78 is 7.59. The lowest BCUT2D eigenvalue weighted by Crippen LogP contribution is -2.31. The van der Waals surface area contributed by atoms with E-state index in [0.717, 1.165) is 60.9 Å². The van der Waals surface area contributed by atoms with E-state index in [1.165, 1.54) is 19.3 Å². The molecule has 0 spiro atoms. The summed E-state index contributed by atoms with van der Waals surface area (Å²) in [4.78, 5) is 12.5. The number of thioether (sulfide) groups is 1. The molecule has 2 fully saturated rings. The van der Waals surface area contributed by atoms with Crippen LogP contribution in [0.15, 0.2) is 29.4 Å². The first-order valence-electron chi connectivity index (χ1n) is 10.3. The summed E-state index contributed by atoms with van der Waals surface area (Å²) >= 11 is 1.58. The molecule has 1 saturated heterocycles. The second kappa shape index (κ2) is 8.99. The van der Waals surface area contributed by atoms with Gasteiger partial charge in [0.1, 0.15) is 5.75 Å². The summed E-state index contributed by atoms with van der Waals surface area (Å²) in [5, 5.41) is 12.9. The van der Waals surface area contributed by atoms with Gasteiger partial charge in [-0.05, 0) is 49.9 Å². The Morgan fingerprint density at radius 1 is 1.04 bits per heavy atom. The maximum Gasteiger partial charge on any atom is 0.233 e. The number of aromatic nitrogens is 3. The Labute approximate surface area is 170 Å². The van der Waals surface area contributed by atoms with Crippen LogP contribution in [0.4, 0.5) is 0 Å². The second-order valence-corrected chi connectivity index (χ2v) is 8.76. The summed E-state index contributed by atoms with van der Waals surface area (Å²) in [5.74, 6) is 1.86. The first-order valence-corrected chi connectivity index (χ1v) is 11.2. The van der Waals surface area contributed by atoms with Crippen LogP contribution < -0.4 is 10.1 Å². The van der Waals surface area contributed by atoms with E-state index in [1.807, 2.05) is 24.3 Å². The highest BCUT2D eigenvalue weighted by molar-refractivity contribution is 8.00. The summed E-state index contributed by atoms with van der Waals surface area (Å²) in [6.07, 6.45) is 9.07. The van der Waals surface area contributed by atoms with Gasteiger partial charge in [-0.25, -0.2) is 0 Å². The van der Waals surface area contributed by atoms with E-state index >= 15 is 0 Å². The Morgan fingerprint density at radius 3 is 2.54 bits per heavy atom. The molecule has 6 nitrogen and oxygen atoms in total. The quantitative estimate of drug-likeness (QED) is 0.814. The standard InChI is InChI=1S/C21H28N4O2S/c1-27-17-12-10-15(11-13-17)19-23-24-21(25(19)16-7-3-2-4-8-16)28-18-9-5-6-14-22-20(18)26/h10-13,16,18H,2-9,14H2,1H3,(H,22,26). The van der Waals surface area contributed by atoms with Crippen molar-refractivity contribution in [3.8, 4) is 17.1 Å². The van der Waals surface area contributed by atoms with E-state index in [4.69, 9.17) is 4.74 Å². The highest BCUT2D eigenvalue weighted by Gasteiger charge is 2.28. The number of carbonyl (C=O) groups excluding carboxylic acids is 1. The largest absolute Gasteiger partial charge is 0.497 e. The van der Waals surface area contributed by atoms with Gasteiger partial charge < -0.3 is 10.1 Å². The molecule has 1 atom stereocenters. The molecule has 1 aromatic heterocycles. The second-order valence-electron chi connectivity index (χ2n) is 7.59. The van der Waals surface area contributed by atoms with Gasteiger partial charge in [-0.3, -0.25) is 9.36 Å². The average molecular weight is 401 g/mol. The minimum atomic E-state index is -0.0854. The Kier molecular flexibility index (Phi) is 6.20. The molecular formula is C21H28N4O2S. The Balaban J connectivity index is 1.67. The first-order chi connectivity index (χ1) is 13.8. The number of hydrogen-bond donors (Lipinski definition) is 1. The van der Waals surface area contributed by atoms with Crippen molar-refractivity contribution in [2.24, 2.45) is 0 Å². The molecule has 4 rings (SSSR count). The topological polar surface area (TPSA) is 69.0 Å². The molecule has 2 heterocycles. The Morgan fingerprint density at radius 2 is 1.79 bits per heavy atom. The highest BCUT2D eigenvalue weighted by atomic mass is 32.2. The number of ether oxygens (including phenoxy) is 1. The van der Waals surface area contributed by atoms with Gasteiger partial charge in [-0.15, -0.1) is 10.2 Å². The molecule has 0 bridgehead atoms. The maximum atomic E-state index is 12.5. The number of carbonyl (C=O) groups is 1. The van der Waals surface area contributed by atoms with E-state index in [-0.39, 0.29) is 11.2 Å². The van der Waals surface area contributed by atoms with Crippen LogP contribution in [0, 0.1) is 0 Å². The third kappa shape index (κ3) is 4.19. The van der Waals surface area contributed by atoms with Crippen molar-refractivity contribution in [1.82, 2.24) is 20.1 Å². The molecule has 0 radical (unpaired) electrons. The van der Waals surface area contributed by atoms with Crippen molar-refractivity contribution < 1.29 is 9.53 Å². The number of nitrogens with zero attached hydrogens (tertiary/aromatic N) is 3. The van der Waals surface area contributed by atoms with Gasteiger partial charge in [0, 0.05) is 18.2 Å². The number of benzene rings is 1. The predicted molar refractivity (Wildman–Crippen MR) is 111 cm³/mol. The van der Waals surface area contributed by atoms with Crippen LogP contribution in [0.2, 0.25) is 0 Å². The van der Waals surface area contributed by atoms with Gasteiger partial charge in [-0.2, -0.15) is 0 Å². The summed E-state index contributed by atoms with van der Waals surface area (Å²) in [6.45, 7) is 0.780. The number of hydrogen-bond acceptors (Lipinski definition) is 5. The molecule has 1 aliphatic heterocycles. The van der Waals surface area contributed by atoms with Crippen molar-refractivity contribution in [3.63, 3.8) is 0 Å². The van der Waals surface area contributed by atoms with Crippen LogP contribution in [0.1, 0.15) is 57.4 Å². The lowest BCUT2D eigenvalue weighted by Gasteiger charge is -2.26. The first kappa shape index (κ1) is 19.3. The molecule has 1 aromatic carbocycles. The third-order valence-electron chi connectivity index (χ3n) is 5.69. The predicted octanol–water partition coefficient (Wildman–Crippen LogP) is 4.22. The van der Waals surface area contributed by atoms with Crippen molar-refractivity contribution >= 4 is 17.7 Å². The van der Waals surface area contributed by atoms with Crippen molar-refractivity contribution in [3.05, 3.63) is 24.3 Å². The minimum Gasteiger partial charge on any atom is -0.497 e. The van der Waals surface area contributed by atoms with Gasteiger partial charge in [0.25, 0.3) is 0 Å². The molecule has 7 heteroatoms. The molecular weight excluding hydrogens is 372 g/mol. The smallest absolute Gasteiger partial charge is 0.233 e. The highest BCUT2D eigenvalue weighted by Crippen LogP contribution is 2.37. The van der Waals surface area contributed by atoms with Crippen LogP contribution >= 0.6 is 11.8 Å².